The van der Waals surface area contributed by atoms with E-state index < -0.39 is 0 Å². The average molecular weight is 313 g/mol. The number of hydrogen-bond acceptors (Lipinski definition) is 1. The number of aryl methyl sites for hydroxylation is 1. The predicted octanol–water partition coefficient (Wildman–Crippen LogP) is 3.99. The van der Waals surface area contributed by atoms with E-state index in [1.54, 1.807) is 0 Å². The fourth-order valence-electron chi connectivity index (χ4n) is 2.09. The van der Waals surface area contributed by atoms with Gasteiger partial charge in [0.25, 0.3) is 0 Å². The maximum atomic E-state index is 5.31. The van der Waals surface area contributed by atoms with Crippen molar-refractivity contribution in [3.05, 3.63) is 28.2 Å². The Balaban J connectivity index is 1.90. The molecule has 0 unspecified atom stereocenters. The van der Waals surface area contributed by atoms with Crippen LogP contribution in [0, 0.1) is 6.92 Å². The molecule has 0 saturated heterocycles. The molecule has 1 aromatic carbocycles. The molecule has 2 nitrogen and oxygen atoms in total. The lowest BCUT2D eigenvalue weighted by Crippen LogP contribution is -2.35. The molecule has 0 heterocycles. The Hall–Kier alpha value is -0.610. The third-order valence-electron chi connectivity index (χ3n) is 3.12. The van der Waals surface area contributed by atoms with Crippen molar-refractivity contribution in [3.63, 3.8) is 0 Å². The van der Waals surface area contributed by atoms with E-state index in [2.05, 4.69) is 45.6 Å². The van der Waals surface area contributed by atoms with Crippen LogP contribution >= 0.6 is 28.1 Å². The van der Waals surface area contributed by atoms with Crippen LogP contribution < -0.4 is 10.6 Å². The third-order valence-corrected chi connectivity index (χ3v) is 4.19. The highest BCUT2D eigenvalue weighted by Gasteiger charge is 2.15. The molecule has 17 heavy (non-hydrogen) atoms. The smallest absolute Gasteiger partial charge is 0.170 e. The van der Waals surface area contributed by atoms with Gasteiger partial charge < -0.3 is 10.6 Å². The van der Waals surface area contributed by atoms with Crippen LogP contribution in [-0.2, 0) is 0 Å². The van der Waals surface area contributed by atoms with Gasteiger partial charge in [0.15, 0.2) is 5.11 Å². The minimum absolute atomic E-state index is 0.559. The van der Waals surface area contributed by atoms with Crippen LogP contribution in [0.15, 0.2) is 22.7 Å². The molecular weight excluding hydrogens is 296 g/mol. The van der Waals surface area contributed by atoms with Gasteiger partial charge in [-0.05, 0) is 49.7 Å². The summed E-state index contributed by atoms with van der Waals surface area (Å²) in [6.45, 7) is 2.07. The molecule has 1 saturated carbocycles. The molecule has 0 bridgehead atoms. The Morgan fingerprint density at radius 2 is 2.06 bits per heavy atom. The number of hydrogen-bond donors (Lipinski definition) is 2. The molecule has 0 aliphatic heterocycles. The van der Waals surface area contributed by atoms with Crippen LogP contribution in [0.4, 0.5) is 5.69 Å². The van der Waals surface area contributed by atoms with E-state index in [0.29, 0.717) is 6.04 Å². The van der Waals surface area contributed by atoms with E-state index >= 15 is 0 Å². The van der Waals surface area contributed by atoms with Gasteiger partial charge in [-0.1, -0.05) is 34.8 Å². The van der Waals surface area contributed by atoms with Gasteiger partial charge in [0.2, 0.25) is 0 Å². The molecule has 1 aromatic rings. The van der Waals surface area contributed by atoms with Crippen LogP contribution in [0.5, 0.6) is 0 Å². The molecule has 0 atom stereocenters. The maximum Gasteiger partial charge on any atom is 0.170 e. The zero-order chi connectivity index (χ0) is 12.3. The summed E-state index contributed by atoms with van der Waals surface area (Å²) in [5, 5.41) is 7.32. The fourth-order valence-corrected chi connectivity index (χ4v) is 2.76. The molecule has 1 aliphatic carbocycles. The Kier molecular flexibility index (Phi) is 4.40. The van der Waals surface area contributed by atoms with Crippen molar-refractivity contribution in [2.75, 3.05) is 5.32 Å². The fraction of sp³-hybridized carbons (Fsp3) is 0.462. The molecule has 4 heteroatoms. The van der Waals surface area contributed by atoms with E-state index in [-0.39, 0.29) is 0 Å². The Morgan fingerprint density at radius 1 is 1.35 bits per heavy atom. The maximum absolute atomic E-state index is 5.31. The second-order valence-corrected chi connectivity index (χ2v) is 5.81. The number of anilines is 1. The number of benzene rings is 1. The lowest BCUT2D eigenvalue weighted by molar-refractivity contribution is 0.634. The van der Waals surface area contributed by atoms with Gasteiger partial charge in [0, 0.05) is 16.2 Å². The van der Waals surface area contributed by atoms with Gasteiger partial charge >= 0.3 is 0 Å². The second-order valence-electron chi connectivity index (χ2n) is 4.54. The molecule has 1 aliphatic rings. The van der Waals surface area contributed by atoms with Crippen LogP contribution in [0.25, 0.3) is 0 Å². The zero-order valence-electron chi connectivity index (χ0n) is 9.92. The third kappa shape index (κ3) is 3.68. The van der Waals surface area contributed by atoms with Crippen LogP contribution in [0.3, 0.4) is 0 Å². The normalized spacial score (nSPS) is 15.9. The molecule has 2 rings (SSSR count). The molecule has 0 spiro atoms. The molecule has 2 N–H and O–H groups in total. The topological polar surface area (TPSA) is 24.1 Å². The van der Waals surface area contributed by atoms with Crippen molar-refractivity contribution in [2.24, 2.45) is 0 Å². The summed E-state index contributed by atoms with van der Waals surface area (Å²) in [6, 6.07) is 6.73. The van der Waals surface area contributed by atoms with Crippen molar-refractivity contribution in [3.8, 4) is 0 Å². The first-order chi connectivity index (χ1) is 8.15. The number of nitrogens with one attached hydrogen (secondary N) is 2. The summed E-state index contributed by atoms with van der Waals surface area (Å²) in [7, 11) is 0. The molecular formula is C13H17BrN2S. The van der Waals surface area contributed by atoms with Crippen LogP contribution in [0.2, 0.25) is 0 Å². The Bertz CT molecular complexity index is 414. The summed E-state index contributed by atoms with van der Waals surface area (Å²) >= 11 is 8.83. The van der Waals surface area contributed by atoms with Gasteiger partial charge in [-0.15, -0.1) is 0 Å². The van der Waals surface area contributed by atoms with E-state index in [0.717, 1.165) is 15.3 Å². The van der Waals surface area contributed by atoms with Crippen molar-refractivity contribution < 1.29 is 0 Å². The lowest BCUT2D eigenvalue weighted by atomic mass is 10.2. The number of halogens is 1. The van der Waals surface area contributed by atoms with Crippen molar-refractivity contribution in [1.82, 2.24) is 5.32 Å². The van der Waals surface area contributed by atoms with Gasteiger partial charge in [0.05, 0.1) is 0 Å². The first-order valence-electron chi connectivity index (χ1n) is 5.99. The van der Waals surface area contributed by atoms with Crippen LogP contribution in [0.1, 0.15) is 31.2 Å². The SMILES string of the molecule is Cc1ccc(NC(=S)NC2CCCC2)cc1Br. The van der Waals surface area contributed by atoms with Crippen LogP contribution in [-0.4, -0.2) is 11.2 Å². The molecule has 1 fully saturated rings. The van der Waals surface area contributed by atoms with Gasteiger partial charge in [0.1, 0.15) is 0 Å². The summed E-state index contributed by atoms with van der Waals surface area (Å²) < 4.78 is 1.10. The minimum atomic E-state index is 0.559. The van der Waals surface area contributed by atoms with E-state index in [1.165, 1.54) is 31.2 Å². The standard InChI is InChI=1S/C13H17BrN2S/c1-9-6-7-11(8-12(9)14)16-13(17)15-10-4-2-3-5-10/h6-8,10H,2-5H2,1H3,(H2,15,16,17). The highest BCUT2D eigenvalue weighted by Crippen LogP contribution is 2.21. The highest BCUT2D eigenvalue weighted by molar-refractivity contribution is 9.10. The second kappa shape index (κ2) is 5.83. The Labute approximate surface area is 116 Å². The van der Waals surface area contributed by atoms with Crippen molar-refractivity contribution >= 4 is 38.9 Å². The number of thiocarbonyl (C=S) groups is 1. The van der Waals surface area contributed by atoms with Gasteiger partial charge in [-0.3, -0.25) is 0 Å². The monoisotopic (exact) mass is 312 g/mol. The Morgan fingerprint density at radius 3 is 2.71 bits per heavy atom. The van der Waals surface area contributed by atoms with E-state index in [4.69, 9.17) is 12.2 Å². The first kappa shape index (κ1) is 12.8. The van der Waals surface area contributed by atoms with Gasteiger partial charge in [-0.25, -0.2) is 0 Å². The highest BCUT2D eigenvalue weighted by atomic mass is 79.9. The lowest BCUT2D eigenvalue weighted by Gasteiger charge is -2.16. The van der Waals surface area contributed by atoms with Crippen molar-refractivity contribution in [1.29, 1.82) is 0 Å². The average Bonchev–Trinajstić information content (AvgIpc) is 2.76. The quantitative estimate of drug-likeness (QED) is 0.808. The van der Waals surface area contributed by atoms with E-state index in [1.807, 2.05) is 6.07 Å². The molecule has 92 valence electrons. The summed E-state index contributed by atoms with van der Waals surface area (Å²) in [5.41, 5.74) is 2.25. The van der Waals surface area contributed by atoms with Gasteiger partial charge in [-0.2, -0.15) is 0 Å². The molecule has 0 aromatic heterocycles. The molecule has 0 radical (unpaired) electrons. The molecule has 0 amide bonds. The summed E-state index contributed by atoms with van der Waals surface area (Å²) in [6.07, 6.45) is 5.10. The zero-order valence-corrected chi connectivity index (χ0v) is 12.3. The van der Waals surface area contributed by atoms with E-state index in [9.17, 15) is 0 Å². The predicted molar refractivity (Wildman–Crippen MR) is 80.5 cm³/mol. The van der Waals surface area contributed by atoms with Crippen molar-refractivity contribution in [2.45, 2.75) is 38.6 Å². The first-order valence-corrected chi connectivity index (χ1v) is 7.19. The minimum Gasteiger partial charge on any atom is -0.360 e. The summed E-state index contributed by atoms with van der Waals surface area (Å²) in [4.78, 5) is 0. The number of rotatable bonds is 2. The summed E-state index contributed by atoms with van der Waals surface area (Å²) in [5.74, 6) is 0. The largest absolute Gasteiger partial charge is 0.360 e.